The number of rotatable bonds is 8. The molecule has 0 radical (unpaired) electrons. The van der Waals surface area contributed by atoms with E-state index in [1.54, 1.807) is 11.1 Å². The Kier molecular flexibility index (Phi) is 7.60. The fraction of sp³-hybridized carbons (Fsp3) is 0.500. The number of piperazine rings is 1. The van der Waals surface area contributed by atoms with Gasteiger partial charge in [-0.05, 0) is 55.3 Å². The summed E-state index contributed by atoms with van der Waals surface area (Å²) in [4.78, 5) is 36.3. The SMILES string of the molecule is CCCCc1ccc(N2CC(C(=O)NCc3ccnc(N4CCN(C)CC4)c3)CC2=O)cc1. The van der Waals surface area contributed by atoms with Crippen molar-refractivity contribution in [2.45, 2.75) is 39.2 Å². The van der Waals surface area contributed by atoms with Crippen molar-refractivity contribution in [1.29, 1.82) is 0 Å². The van der Waals surface area contributed by atoms with Crippen molar-refractivity contribution in [2.75, 3.05) is 49.6 Å². The van der Waals surface area contributed by atoms with Crippen LogP contribution in [0.25, 0.3) is 0 Å². The first kappa shape index (κ1) is 23.2. The Hall–Kier alpha value is -2.93. The first-order chi connectivity index (χ1) is 16.0. The van der Waals surface area contributed by atoms with Gasteiger partial charge in [-0.1, -0.05) is 25.5 Å². The van der Waals surface area contributed by atoms with Crippen LogP contribution in [0.2, 0.25) is 0 Å². The molecular weight excluding hydrogens is 414 g/mol. The van der Waals surface area contributed by atoms with Crippen LogP contribution in [-0.4, -0.2) is 61.5 Å². The van der Waals surface area contributed by atoms with E-state index in [2.05, 4.69) is 52.3 Å². The lowest BCUT2D eigenvalue weighted by atomic mass is 10.1. The number of benzene rings is 1. The number of hydrogen-bond donors (Lipinski definition) is 1. The quantitative estimate of drug-likeness (QED) is 0.671. The van der Waals surface area contributed by atoms with E-state index in [0.29, 0.717) is 13.1 Å². The number of amides is 2. The number of nitrogens with zero attached hydrogens (tertiary/aromatic N) is 4. The molecule has 1 atom stereocenters. The molecule has 2 saturated heterocycles. The van der Waals surface area contributed by atoms with Crippen molar-refractivity contribution in [1.82, 2.24) is 15.2 Å². The van der Waals surface area contributed by atoms with Crippen LogP contribution in [0, 0.1) is 5.92 Å². The summed E-state index contributed by atoms with van der Waals surface area (Å²) >= 11 is 0. The molecule has 2 aliphatic rings. The highest BCUT2D eigenvalue weighted by Crippen LogP contribution is 2.26. The normalized spacial score (nSPS) is 19.2. The van der Waals surface area contributed by atoms with E-state index >= 15 is 0 Å². The van der Waals surface area contributed by atoms with Crippen molar-refractivity contribution in [2.24, 2.45) is 5.92 Å². The number of nitrogens with one attached hydrogen (secondary N) is 1. The second kappa shape index (κ2) is 10.8. The van der Waals surface area contributed by atoms with Gasteiger partial charge in [-0.2, -0.15) is 0 Å². The molecule has 4 rings (SSSR count). The number of aryl methyl sites for hydroxylation is 1. The number of carbonyl (C=O) groups excluding carboxylic acids is 2. The molecule has 2 aromatic rings. The van der Waals surface area contributed by atoms with Crippen LogP contribution in [0.15, 0.2) is 42.6 Å². The molecule has 2 amide bonds. The van der Waals surface area contributed by atoms with Gasteiger partial charge >= 0.3 is 0 Å². The molecule has 0 bridgehead atoms. The monoisotopic (exact) mass is 449 g/mol. The van der Waals surface area contributed by atoms with E-state index in [-0.39, 0.29) is 24.2 Å². The smallest absolute Gasteiger partial charge is 0.227 e. The molecule has 33 heavy (non-hydrogen) atoms. The van der Waals surface area contributed by atoms with E-state index < -0.39 is 0 Å². The first-order valence-corrected chi connectivity index (χ1v) is 12.1. The molecule has 2 aliphatic heterocycles. The summed E-state index contributed by atoms with van der Waals surface area (Å²) in [5.74, 6) is 0.580. The fourth-order valence-electron chi connectivity index (χ4n) is 4.47. The van der Waals surface area contributed by atoms with Gasteiger partial charge in [0.2, 0.25) is 11.8 Å². The molecule has 7 heteroatoms. The Labute approximate surface area is 196 Å². The van der Waals surface area contributed by atoms with Crippen LogP contribution >= 0.6 is 0 Å². The number of hydrogen-bond acceptors (Lipinski definition) is 5. The Morgan fingerprint density at radius 3 is 2.58 bits per heavy atom. The molecule has 0 aliphatic carbocycles. The van der Waals surface area contributed by atoms with Gasteiger partial charge in [0.25, 0.3) is 0 Å². The summed E-state index contributed by atoms with van der Waals surface area (Å²) in [5.41, 5.74) is 3.19. The van der Waals surface area contributed by atoms with E-state index in [0.717, 1.165) is 49.7 Å². The molecular formula is C26H35N5O2. The minimum absolute atomic E-state index is 0.0118. The maximum absolute atomic E-state index is 12.8. The molecule has 2 fully saturated rings. The second-order valence-electron chi connectivity index (χ2n) is 9.21. The molecule has 1 unspecified atom stereocenters. The van der Waals surface area contributed by atoms with Crippen molar-refractivity contribution in [3.05, 3.63) is 53.7 Å². The lowest BCUT2D eigenvalue weighted by Crippen LogP contribution is -2.44. The Morgan fingerprint density at radius 1 is 1.09 bits per heavy atom. The minimum atomic E-state index is -0.323. The van der Waals surface area contributed by atoms with Crippen molar-refractivity contribution in [3.63, 3.8) is 0 Å². The van der Waals surface area contributed by atoms with Gasteiger partial charge < -0.3 is 20.0 Å². The highest BCUT2D eigenvalue weighted by atomic mass is 16.2. The predicted molar refractivity (Wildman–Crippen MR) is 131 cm³/mol. The molecule has 1 aromatic heterocycles. The molecule has 7 nitrogen and oxygen atoms in total. The molecule has 1 N–H and O–H groups in total. The zero-order chi connectivity index (χ0) is 23.2. The molecule has 0 spiro atoms. The lowest BCUT2D eigenvalue weighted by molar-refractivity contribution is -0.126. The first-order valence-electron chi connectivity index (χ1n) is 12.1. The zero-order valence-corrected chi connectivity index (χ0v) is 19.8. The van der Waals surface area contributed by atoms with Crippen molar-refractivity contribution in [3.8, 4) is 0 Å². The summed E-state index contributed by atoms with van der Waals surface area (Å²) in [6.07, 6.45) is 5.45. The van der Waals surface area contributed by atoms with Crippen LogP contribution in [-0.2, 0) is 22.6 Å². The summed E-state index contributed by atoms with van der Waals surface area (Å²) in [7, 11) is 2.13. The largest absolute Gasteiger partial charge is 0.354 e. The van der Waals surface area contributed by atoms with Gasteiger partial charge in [-0.3, -0.25) is 9.59 Å². The third-order valence-electron chi connectivity index (χ3n) is 6.67. The molecule has 3 heterocycles. The van der Waals surface area contributed by atoms with E-state index in [1.165, 1.54) is 18.4 Å². The zero-order valence-electron chi connectivity index (χ0n) is 19.8. The topological polar surface area (TPSA) is 68.8 Å². The average Bonchev–Trinajstić information content (AvgIpc) is 3.24. The van der Waals surface area contributed by atoms with Crippen LogP contribution in [0.5, 0.6) is 0 Å². The number of aromatic nitrogens is 1. The van der Waals surface area contributed by atoms with Crippen LogP contribution < -0.4 is 15.1 Å². The number of carbonyl (C=O) groups is 2. The number of unbranched alkanes of at least 4 members (excludes halogenated alkanes) is 1. The van der Waals surface area contributed by atoms with Gasteiger partial charge in [0.1, 0.15) is 5.82 Å². The minimum Gasteiger partial charge on any atom is -0.354 e. The van der Waals surface area contributed by atoms with Gasteiger partial charge in [-0.15, -0.1) is 0 Å². The van der Waals surface area contributed by atoms with Gasteiger partial charge in [0, 0.05) is 57.6 Å². The fourth-order valence-corrected chi connectivity index (χ4v) is 4.47. The van der Waals surface area contributed by atoms with Crippen LogP contribution in [0.3, 0.4) is 0 Å². The standard InChI is InChI=1S/C26H35N5O2/c1-3-4-5-20-6-8-23(9-7-20)31-19-22(17-25(31)32)26(33)28-18-21-10-11-27-24(16-21)30-14-12-29(2)13-15-30/h6-11,16,22H,3-5,12-15,17-19H2,1-2H3,(H,28,33). The molecule has 0 saturated carbocycles. The van der Waals surface area contributed by atoms with Crippen molar-refractivity contribution >= 4 is 23.3 Å². The van der Waals surface area contributed by atoms with Crippen molar-refractivity contribution < 1.29 is 9.59 Å². The Morgan fingerprint density at radius 2 is 1.85 bits per heavy atom. The Bertz CT molecular complexity index is 953. The predicted octanol–water partition coefficient (Wildman–Crippen LogP) is 2.85. The van der Waals surface area contributed by atoms with E-state index in [9.17, 15) is 9.59 Å². The third-order valence-corrected chi connectivity index (χ3v) is 6.67. The Balaban J connectivity index is 1.30. The summed E-state index contributed by atoms with van der Waals surface area (Å²) < 4.78 is 0. The maximum atomic E-state index is 12.8. The maximum Gasteiger partial charge on any atom is 0.227 e. The van der Waals surface area contributed by atoms with Gasteiger partial charge in [0.15, 0.2) is 0 Å². The van der Waals surface area contributed by atoms with E-state index in [4.69, 9.17) is 0 Å². The third kappa shape index (κ3) is 5.90. The average molecular weight is 450 g/mol. The van der Waals surface area contributed by atoms with Gasteiger partial charge in [0.05, 0.1) is 5.92 Å². The number of anilines is 2. The summed E-state index contributed by atoms with van der Waals surface area (Å²) in [5, 5.41) is 3.03. The number of likely N-dealkylation sites (N-methyl/N-ethyl adjacent to an activating group) is 1. The van der Waals surface area contributed by atoms with Gasteiger partial charge in [-0.25, -0.2) is 4.98 Å². The summed E-state index contributed by atoms with van der Waals surface area (Å²) in [6, 6.07) is 12.2. The van der Waals surface area contributed by atoms with E-state index in [1.807, 2.05) is 18.2 Å². The highest BCUT2D eigenvalue weighted by Gasteiger charge is 2.35. The second-order valence-corrected chi connectivity index (χ2v) is 9.21. The summed E-state index contributed by atoms with van der Waals surface area (Å²) in [6.45, 7) is 7.02. The molecule has 176 valence electrons. The van der Waals surface area contributed by atoms with Crippen LogP contribution in [0.4, 0.5) is 11.5 Å². The lowest BCUT2D eigenvalue weighted by Gasteiger charge is -2.33. The molecule has 1 aromatic carbocycles. The highest BCUT2D eigenvalue weighted by molar-refractivity contribution is 6.00. The number of pyridine rings is 1. The van der Waals surface area contributed by atoms with Crippen LogP contribution in [0.1, 0.15) is 37.3 Å².